The predicted molar refractivity (Wildman–Crippen MR) is 48.0 cm³/mol. The summed E-state index contributed by atoms with van der Waals surface area (Å²) in [5, 5.41) is 8.70. The largest absolute Gasteiger partial charge is 0.258 e. The van der Waals surface area contributed by atoms with Gasteiger partial charge in [-0.15, -0.1) is 11.6 Å². The van der Waals surface area contributed by atoms with Crippen molar-refractivity contribution >= 4 is 22.4 Å². The van der Waals surface area contributed by atoms with Crippen LogP contribution in [0.5, 0.6) is 0 Å². The van der Waals surface area contributed by atoms with Crippen molar-refractivity contribution in [2.75, 3.05) is 12.1 Å². The molecule has 0 aliphatic carbocycles. The zero-order valence-corrected chi connectivity index (χ0v) is 8.34. The summed E-state index contributed by atoms with van der Waals surface area (Å²) >= 11 is 5.46. The van der Waals surface area contributed by atoms with Crippen molar-refractivity contribution in [2.24, 2.45) is 0 Å². The third-order valence-corrected chi connectivity index (χ3v) is 3.49. The quantitative estimate of drug-likeness (QED) is 0.638. The van der Waals surface area contributed by atoms with Crippen LogP contribution in [0.2, 0.25) is 0 Å². The molecule has 2 unspecified atom stereocenters. The number of nitriles is 1. The zero-order chi connectivity index (χ0) is 8.91. The van der Waals surface area contributed by atoms with Crippen LogP contribution in [0.3, 0.4) is 0 Å². The summed E-state index contributed by atoms with van der Waals surface area (Å²) in [6.07, 6.45) is 2.90. The van der Waals surface area contributed by atoms with E-state index >= 15 is 0 Å². The minimum atomic E-state index is -1.09. The van der Waals surface area contributed by atoms with E-state index in [9.17, 15) is 4.21 Å². The third kappa shape index (κ3) is 3.22. The number of alkyl halides is 1. The van der Waals surface area contributed by atoms with Gasteiger partial charge >= 0.3 is 0 Å². The van der Waals surface area contributed by atoms with Crippen LogP contribution < -0.4 is 0 Å². The molecule has 0 fully saturated rings. The standard InChI is InChI=1S/C7H12ClNOS/c1-7(6-9,11(2)10)4-3-5-8/h3-5H2,1-2H3. The van der Waals surface area contributed by atoms with Crippen LogP contribution in [0.4, 0.5) is 0 Å². The van der Waals surface area contributed by atoms with Gasteiger partial charge in [-0.25, -0.2) is 0 Å². The molecule has 0 bridgehead atoms. The summed E-state index contributed by atoms with van der Waals surface area (Å²) in [5.41, 5.74) is 0. The van der Waals surface area contributed by atoms with Crippen molar-refractivity contribution in [1.29, 1.82) is 5.26 Å². The molecule has 0 aromatic heterocycles. The summed E-state index contributed by atoms with van der Waals surface area (Å²) in [4.78, 5) is 0. The van der Waals surface area contributed by atoms with Crippen molar-refractivity contribution in [3.05, 3.63) is 0 Å². The normalized spacial score (nSPS) is 18.4. The van der Waals surface area contributed by atoms with E-state index in [0.29, 0.717) is 12.3 Å². The lowest BCUT2D eigenvalue weighted by atomic mass is 10.1. The van der Waals surface area contributed by atoms with Crippen molar-refractivity contribution < 1.29 is 4.21 Å². The number of rotatable bonds is 4. The summed E-state index contributed by atoms with van der Waals surface area (Å²) in [6.45, 7) is 1.70. The second kappa shape index (κ2) is 4.74. The molecular formula is C7H12ClNOS. The Morgan fingerprint density at radius 1 is 1.73 bits per heavy atom. The molecule has 0 saturated carbocycles. The molecule has 0 aliphatic heterocycles. The van der Waals surface area contributed by atoms with Gasteiger partial charge in [0.2, 0.25) is 0 Å². The molecule has 0 aliphatic rings. The molecule has 11 heavy (non-hydrogen) atoms. The van der Waals surface area contributed by atoms with Gasteiger partial charge in [-0.05, 0) is 19.8 Å². The smallest absolute Gasteiger partial charge is 0.129 e. The Morgan fingerprint density at radius 3 is 2.55 bits per heavy atom. The highest BCUT2D eigenvalue weighted by atomic mass is 35.5. The van der Waals surface area contributed by atoms with Gasteiger partial charge in [0, 0.05) is 22.9 Å². The van der Waals surface area contributed by atoms with E-state index < -0.39 is 15.5 Å². The highest BCUT2D eigenvalue weighted by Crippen LogP contribution is 2.18. The minimum absolute atomic E-state index is 0.522. The highest BCUT2D eigenvalue weighted by Gasteiger charge is 2.27. The molecule has 0 radical (unpaired) electrons. The Labute approximate surface area is 75.0 Å². The molecule has 0 N–H and O–H groups in total. The summed E-state index contributed by atoms with van der Waals surface area (Å²) in [5.74, 6) is 0.522. The summed E-state index contributed by atoms with van der Waals surface area (Å²) in [7, 11) is -1.09. The molecule has 0 spiro atoms. The second-order valence-corrected chi connectivity index (χ2v) is 4.78. The average molecular weight is 194 g/mol. The van der Waals surface area contributed by atoms with Crippen LogP contribution in [0, 0.1) is 11.3 Å². The van der Waals surface area contributed by atoms with Crippen molar-refractivity contribution in [3.8, 4) is 6.07 Å². The fourth-order valence-electron chi connectivity index (χ4n) is 0.668. The predicted octanol–water partition coefficient (Wildman–Crippen LogP) is 1.67. The van der Waals surface area contributed by atoms with Crippen LogP contribution in [0.1, 0.15) is 19.8 Å². The van der Waals surface area contributed by atoms with Gasteiger partial charge in [0.15, 0.2) is 0 Å². The van der Waals surface area contributed by atoms with Crippen LogP contribution in [0.25, 0.3) is 0 Å². The third-order valence-electron chi connectivity index (χ3n) is 1.66. The SMILES string of the molecule is CS(=O)C(C)(C#N)CCCCl. The molecule has 0 aromatic rings. The Hall–Kier alpha value is -0.0700. The van der Waals surface area contributed by atoms with Gasteiger partial charge in [0.25, 0.3) is 0 Å². The van der Waals surface area contributed by atoms with Gasteiger partial charge in [-0.1, -0.05) is 0 Å². The molecule has 2 nitrogen and oxygen atoms in total. The van der Waals surface area contributed by atoms with Crippen molar-refractivity contribution in [2.45, 2.75) is 24.5 Å². The molecule has 0 amide bonds. The van der Waals surface area contributed by atoms with Gasteiger partial charge in [-0.3, -0.25) is 4.21 Å². The van der Waals surface area contributed by atoms with E-state index in [0.717, 1.165) is 6.42 Å². The molecule has 0 saturated heterocycles. The first-order valence-electron chi connectivity index (χ1n) is 3.37. The van der Waals surface area contributed by atoms with Gasteiger partial charge in [0.1, 0.15) is 4.75 Å². The van der Waals surface area contributed by atoms with E-state index in [-0.39, 0.29) is 0 Å². The van der Waals surface area contributed by atoms with E-state index in [2.05, 4.69) is 6.07 Å². The Bertz CT molecular complexity index is 189. The summed E-state index contributed by atoms with van der Waals surface area (Å²) < 4.78 is 10.3. The number of hydrogen-bond donors (Lipinski definition) is 0. The van der Waals surface area contributed by atoms with Gasteiger partial charge in [-0.2, -0.15) is 5.26 Å². The Morgan fingerprint density at radius 2 is 2.27 bits per heavy atom. The molecule has 0 rings (SSSR count). The molecule has 0 heterocycles. The first kappa shape index (κ1) is 10.9. The van der Waals surface area contributed by atoms with E-state index in [1.807, 2.05) is 0 Å². The lowest BCUT2D eigenvalue weighted by molar-refractivity contribution is 0.630. The Balaban J connectivity index is 4.14. The lowest BCUT2D eigenvalue weighted by Gasteiger charge is -2.16. The molecule has 4 heteroatoms. The fourth-order valence-corrected chi connectivity index (χ4v) is 1.36. The summed E-state index contributed by atoms with van der Waals surface area (Å²) in [6, 6.07) is 2.05. The van der Waals surface area contributed by atoms with E-state index in [4.69, 9.17) is 16.9 Å². The molecular weight excluding hydrogens is 182 g/mol. The fraction of sp³-hybridized carbons (Fsp3) is 0.857. The highest BCUT2D eigenvalue weighted by molar-refractivity contribution is 7.86. The number of nitrogens with zero attached hydrogens (tertiary/aromatic N) is 1. The van der Waals surface area contributed by atoms with Crippen molar-refractivity contribution in [1.82, 2.24) is 0 Å². The molecule has 0 aromatic carbocycles. The molecule has 64 valence electrons. The maximum Gasteiger partial charge on any atom is 0.129 e. The zero-order valence-electron chi connectivity index (χ0n) is 6.76. The van der Waals surface area contributed by atoms with Crippen LogP contribution in [-0.2, 0) is 10.8 Å². The van der Waals surface area contributed by atoms with Crippen LogP contribution in [0.15, 0.2) is 0 Å². The Kier molecular flexibility index (Phi) is 4.71. The first-order chi connectivity index (χ1) is 5.06. The topological polar surface area (TPSA) is 40.9 Å². The maximum absolute atomic E-state index is 11.0. The van der Waals surface area contributed by atoms with E-state index in [1.165, 1.54) is 0 Å². The van der Waals surface area contributed by atoms with Gasteiger partial charge < -0.3 is 0 Å². The van der Waals surface area contributed by atoms with E-state index in [1.54, 1.807) is 13.2 Å². The number of halogens is 1. The molecule has 2 atom stereocenters. The minimum Gasteiger partial charge on any atom is -0.258 e. The van der Waals surface area contributed by atoms with Crippen LogP contribution >= 0.6 is 11.6 Å². The lowest BCUT2D eigenvalue weighted by Crippen LogP contribution is -2.27. The second-order valence-electron chi connectivity index (χ2n) is 2.59. The number of hydrogen-bond acceptors (Lipinski definition) is 2. The maximum atomic E-state index is 11.0. The van der Waals surface area contributed by atoms with Crippen molar-refractivity contribution in [3.63, 3.8) is 0 Å². The monoisotopic (exact) mass is 193 g/mol. The van der Waals surface area contributed by atoms with Crippen LogP contribution in [-0.4, -0.2) is 21.1 Å². The average Bonchev–Trinajstić information content (AvgIpc) is 2.00. The van der Waals surface area contributed by atoms with Gasteiger partial charge in [0.05, 0.1) is 6.07 Å². The first-order valence-corrected chi connectivity index (χ1v) is 5.47.